The molecule has 202 valence electrons. The Morgan fingerprint density at radius 1 is 0.971 bits per heavy atom. The van der Waals surface area contributed by atoms with Crippen LogP contribution in [0.3, 0.4) is 0 Å². The van der Waals surface area contributed by atoms with Gasteiger partial charge in [-0.25, -0.2) is 4.79 Å². The summed E-state index contributed by atoms with van der Waals surface area (Å²) in [7, 11) is 0. The van der Waals surface area contributed by atoms with E-state index in [0.29, 0.717) is 23.4 Å². The Balaban J connectivity index is 1.25. The molecular formula is C30H54N2O3. The Bertz CT molecular complexity index is 736. The monoisotopic (exact) mass is 490 g/mol. The number of amides is 1. The second-order valence-electron chi connectivity index (χ2n) is 14.2. The van der Waals surface area contributed by atoms with Crippen LogP contribution in [0.4, 0.5) is 4.79 Å². The van der Waals surface area contributed by atoms with E-state index in [0.717, 1.165) is 61.8 Å². The average molecular weight is 491 g/mol. The molecule has 0 saturated heterocycles. The Labute approximate surface area is 214 Å². The lowest BCUT2D eigenvalue weighted by Crippen LogP contribution is -2.55. The first kappa shape index (κ1) is 27.2. The SMILES string of the molecule is CC(NCCCCNC(=O)OC(C)(C)C)[C@H]1CCC2C3CCC4C[C@@H](O)CC[C@]4(C)C3CC[C@@]21C. The second-order valence-corrected chi connectivity index (χ2v) is 14.2. The molecule has 1 amide bonds. The minimum absolute atomic E-state index is 0.0469. The first-order valence-corrected chi connectivity index (χ1v) is 14.8. The van der Waals surface area contributed by atoms with Gasteiger partial charge in [0.15, 0.2) is 0 Å². The molecule has 5 heteroatoms. The number of unbranched alkanes of at least 4 members (excludes halogenated alkanes) is 1. The highest BCUT2D eigenvalue weighted by Gasteiger charge is 2.60. The number of fused-ring (bicyclic) bond motifs is 5. The summed E-state index contributed by atoms with van der Waals surface area (Å²) in [6, 6.07) is 0.553. The van der Waals surface area contributed by atoms with E-state index in [2.05, 4.69) is 31.4 Å². The number of alkyl carbamates (subject to hydrolysis) is 1. The third-order valence-corrected chi connectivity index (χ3v) is 11.1. The minimum atomic E-state index is -0.439. The van der Waals surface area contributed by atoms with Gasteiger partial charge < -0.3 is 20.5 Å². The fraction of sp³-hybridized carbons (Fsp3) is 0.967. The van der Waals surface area contributed by atoms with Crippen LogP contribution in [-0.4, -0.2) is 42.0 Å². The highest BCUT2D eigenvalue weighted by Crippen LogP contribution is 2.67. The molecule has 4 fully saturated rings. The lowest BCUT2D eigenvalue weighted by Gasteiger charge is -2.61. The standard InChI is InChI=1S/C30H54N2O3/c1-20(31-17-7-8-18-32-27(34)35-28(2,3)4)24-11-12-25-23-10-9-21-19-22(33)13-15-29(21,5)26(23)14-16-30(24,25)6/h20-26,31,33H,7-19H2,1-6H3,(H,32,34)/t20?,21?,22-,23?,24+,25?,26?,29-,30+/m0/s1. The van der Waals surface area contributed by atoms with E-state index in [9.17, 15) is 9.90 Å². The normalized spacial score (nSPS) is 41.9. The van der Waals surface area contributed by atoms with Gasteiger partial charge in [-0.1, -0.05) is 13.8 Å². The van der Waals surface area contributed by atoms with Crippen LogP contribution >= 0.6 is 0 Å². The van der Waals surface area contributed by atoms with Crippen LogP contribution in [-0.2, 0) is 4.74 Å². The molecule has 0 heterocycles. The second kappa shape index (κ2) is 10.5. The van der Waals surface area contributed by atoms with Crippen molar-refractivity contribution in [3.63, 3.8) is 0 Å². The molecule has 4 aliphatic rings. The molecule has 0 aromatic carbocycles. The van der Waals surface area contributed by atoms with E-state index in [1.54, 1.807) is 0 Å². The van der Waals surface area contributed by atoms with Crippen molar-refractivity contribution in [2.24, 2.45) is 40.4 Å². The third kappa shape index (κ3) is 5.71. The zero-order valence-corrected chi connectivity index (χ0v) is 23.5. The fourth-order valence-corrected chi connectivity index (χ4v) is 9.32. The maximum atomic E-state index is 11.8. The Kier molecular flexibility index (Phi) is 8.18. The molecule has 0 radical (unpaired) electrons. The third-order valence-electron chi connectivity index (χ3n) is 11.1. The molecule has 4 rings (SSSR count). The van der Waals surface area contributed by atoms with E-state index >= 15 is 0 Å². The van der Waals surface area contributed by atoms with E-state index in [1.165, 1.54) is 44.9 Å². The van der Waals surface area contributed by atoms with Crippen molar-refractivity contribution in [3.8, 4) is 0 Å². The van der Waals surface area contributed by atoms with E-state index in [-0.39, 0.29) is 12.2 Å². The van der Waals surface area contributed by atoms with Crippen molar-refractivity contribution in [2.75, 3.05) is 13.1 Å². The summed E-state index contributed by atoms with van der Waals surface area (Å²) in [5.74, 6) is 4.19. The smallest absolute Gasteiger partial charge is 0.407 e. The summed E-state index contributed by atoms with van der Waals surface area (Å²) in [6.45, 7) is 15.0. The van der Waals surface area contributed by atoms with Crippen LogP contribution in [0.25, 0.3) is 0 Å². The van der Waals surface area contributed by atoms with Gasteiger partial charge in [0.25, 0.3) is 0 Å². The van der Waals surface area contributed by atoms with Crippen LogP contribution < -0.4 is 10.6 Å². The number of aliphatic hydroxyl groups excluding tert-OH is 1. The number of hydrogen-bond donors (Lipinski definition) is 3. The zero-order chi connectivity index (χ0) is 25.4. The Hall–Kier alpha value is -0.810. The van der Waals surface area contributed by atoms with E-state index < -0.39 is 5.60 Å². The number of aliphatic hydroxyl groups is 1. The molecule has 0 bridgehead atoms. The number of ether oxygens (including phenoxy) is 1. The van der Waals surface area contributed by atoms with Gasteiger partial charge >= 0.3 is 6.09 Å². The molecule has 0 aromatic rings. The molecule has 5 unspecified atom stereocenters. The van der Waals surface area contributed by atoms with Crippen LogP contribution in [0, 0.1) is 40.4 Å². The van der Waals surface area contributed by atoms with Crippen LogP contribution in [0.5, 0.6) is 0 Å². The van der Waals surface area contributed by atoms with Crippen LogP contribution in [0.2, 0.25) is 0 Å². The number of carbonyl (C=O) groups excluding carboxylic acids is 1. The summed E-state index contributed by atoms with van der Waals surface area (Å²) >= 11 is 0. The average Bonchev–Trinajstić information content (AvgIpc) is 3.12. The van der Waals surface area contributed by atoms with Gasteiger partial charge in [0.05, 0.1) is 6.10 Å². The number of carbonyl (C=O) groups is 1. The maximum absolute atomic E-state index is 11.8. The van der Waals surface area contributed by atoms with Crippen molar-refractivity contribution >= 4 is 6.09 Å². The van der Waals surface area contributed by atoms with Crippen LogP contribution in [0.15, 0.2) is 0 Å². The molecule has 0 aliphatic heterocycles. The number of hydrogen-bond acceptors (Lipinski definition) is 4. The molecule has 3 N–H and O–H groups in total. The van der Waals surface area contributed by atoms with Gasteiger partial charge in [0.2, 0.25) is 0 Å². The molecular weight excluding hydrogens is 436 g/mol. The highest BCUT2D eigenvalue weighted by molar-refractivity contribution is 5.67. The van der Waals surface area contributed by atoms with Gasteiger partial charge in [-0.15, -0.1) is 0 Å². The van der Waals surface area contributed by atoms with Gasteiger partial charge in [-0.2, -0.15) is 0 Å². The molecule has 35 heavy (non-hydrogen) atoms. The highest BCUT2D eigenvalue weighted by atomic mass is 16.6. The Morgan fingerprint density at radius 2 is 1.66 bits per heavy atom. The quantitative estimate of drug-likeness (QED) is 0.367. The summed E-state index contributed by atoms with van der Waals surface area (Å²) in [5, 5.41) is 17.0. The number of rotatable bonds is 7. The van der Waals surface area contributed by atoms with E-state index in [4.69, 9.17) is 4.74 Å². The molecule has 4 saturated carbocycles. The lowest BCUT2D eigenvalue weighted by atomic mass is 9.44. The fourth-order valence-electron chi connectivity index (χ4n) is 9.32. The van der Waals surface area contributed by atoms with Crippen molar-refractivity contribution in [3.05, 3.63) is 0 Å². The predicted molar refractivity (Wildman–Crippen MR) is 142 cm³/mol. The summed E-state index contributed by atoms with van der Waals surface area (Å²) in [5.41, 5.74) is 0.507. The molecule has 0 aromatic heterocycles. The zero-order valence-electron chi connectivity index (χ0n) is 23.5. The summed E-state index contributed by atoms with van der Waals surface area (Å²) < 4.78 is 5.31. The topological polar surface area (TPSA) is 70.6 Å². The lowest BCUT2D eigenvalue weighted by molar-refractivity contribution is -0.127. The van der Waals surface area contributed by atoms with Crippen molar-refractivity contribution in [1.82, 2.24) is 10.6 Å². The predicted octanol–water partition coefficient (Wildman–Crippen LogP) is 6.29. The van der Waals surface area contributed by atoms with Crippen molar-refractivity contribution in [1.29, 1.82) is 0 Å². The van der Waals surface area contributed by atoms with Gasteiger partial charge in [0.1, 0.15) is 5.60 Å². The molecule has 0 spiro atoms. The van der Waals surface area contributed by atoms with Crippen molar-refractivity contribution in [2.45, 2.75) is 130 Å². The minimum Gasteiger partial charge on any atom is -0.444 e. The van der Waals surface area contributed by atoms with Gasteiger partial charge in [-0.05, 0) is 145 Å². The van der Waals surface area contributed by atoms with Crippen LogP contribution in [0.1, 0.15) is 112 Å². The largest absolute Gasteiger partial charge is 0.444 e. The van der Waals surface area contributed by atoms with E-state index in [1.807, 2.05) is 20.8 Å². The van der Waals surface area contributed by atoms with Gasteiger partial charge in [-0.3, -0.25) is 0 Å². The van der Waals surface area contributed by atoms with Crippen molar-refractivity contribution < 1.29 is 14.6 Å². The maximum Gasteiger partial charge on any atom is 0.407 e. The molecule has 9 atom stereocenters. The molecule has 4 aliphatic carbocycles. The first-order valence-electron chi connectivity index (χ1n) is 14.8. The molecule has 5 nitrogen and oxygen atoms in total. The summed E-state index contributed by atoms with van der Waals surface area (Å²) in [4.78, 5) is 11.8. The van der Waals surface area contributed by atoms with Gasteiger partial charge in [0, 0.05) is 12.6 Å². The number of nitrogens with one attached hydrogen (secondary N) is 2. The Morgan fingerprint density at radius 3 is 2.40 bits per heavy atom. The first-order chi connectivity index (χ1) is 16.4. The summed E-state index contributed by atoms with van der Waals surface area (Å²) in [6.07, 6.45) is 13.3.